The zero-order valence-corrected chi connectivity index (χ0v) is 11.2. The average molecular weight is 254 g/mol. The Morgan fingerprint density at radius 2 is 2.29 bits per heavy atom. The first-order valence-electron chi connectivity index (χ1n) is 5.60. The largest absolute Gasteiger partial charge is 0.462 e. The standard InChI is InChI=1S/C12H18N2O2S/c1-4-16-12(15)9-5-6-14-11(10(9)13)17-7-8(2)3/h5-6,8H,4,7,13H2,1-3H3. The molecular formula is C12H18N2O2S. The van der Waals surface area contributed by atoms with Gasteiger partial charge in [0.05, 0.1) is 17.9 Å². The van der Waals surface area contributed by atoms with E-state index in [1.165, 1.54) is 0 Å². The van der Waals surface area contributed by atoms with Gasteiger partial charge in [-0.2, -0.15) is 0 Å². The lowest BCUT2D eigenvalue weighted by Crippen LogP contribution is -2.09. The van der Waals surface area contributed by atoms with Crippen LogP contribution in [0.4, 0.5) is 5.69 Å². The Morgan fingerprint density at radius 1 is 1.59 bits per heavy atom. The van der Waals surface area contributed by atoms with Crippen molar-refractivity contribution in [2.45, 2.75) is 25.8 Å². The SMILES string of the molecule is CCOC(=O)c1ccnc(SCC(C)C)c1N. The number of aromatic nitrogens is 1. The lowest BCUT2D eigenvalue weighted by Gasteiger charge is -2.09. The molecule has 2 N–H and O–H groups in total. The number of carbonyl (C=O) groups is 1. The number of hydrogen-bond donors (Lipinski definition) is 1. The van der Waals surface area contributed by atoms with Gasteiger partial charge in [0.2, 0.25) is 0 Å². The highest BCUT2D eigenvalue weighted by Crippen LogP contribution is 2.27. The molecule has 0 fully saturated rings. The van der Waals surface area contributed by atoms with E-state index in [1.807, 2.05) is 0 Å². The van der Waals surface area contributed by atoms with E-state index in [4.69, 9.17) is 10.5 Å². The van der Waals surface area contributed by atoms with Crippen molar-refractivity contribution < 1.29 is 9.53 Å². The molecule has 94 valence electrons. The van der Waals surface area contributed by atoms with Crippen LogP contribution in [0.15, 0.2) is 17.3 Å². The van der Waals surface area contributed by atoms with Crippen molar-refractivity contribution in [3.8, 4) is 0 Å². The highest BCUT2D eigenvalue weighted by atomic mass is 32.2. The van der Waals surface area contributed by atoms with Gasteiger partial charge in [-0.15, -0.1) is 11.8 Å². The lowest BCUT2D eigenvalue weighted by molar-refractivity contribution is 0.0527. The Labute approximate surface area is 106 Å². The number of nitrogens with zero attached hydrogens (tertiary/aromatic N) is 1. The van der Waals surface area contributed by atoms with Crippen LogP contribution in [0.1, 0.15) is 31.1 Å². The highest BCUT2D eigenvalue weighted by molar-refractivity contribution is 7.99. The summed E-state index contributed by atoms with van der Waals surface area (Å²) in [7, 11) is 0. The molecule has 1 rings (SSSR count). The van der Waals surface area contributed by atoms with Crippen LogP contribution in [0.2, 0.25) is 0 Å². The second-order valence-electron chi connectivity index (χ2n) is 4.00. The third-order valence-corrected chi connectivity index (χ3v) is 3.43. The van der Waals surface area contributed by atoms with E-state index in [1.54, 1.807) is 30.9 Å². The number of ether oxygens (including phenoxy) is 1. The van der Waals surface area contributed by atoms with E-state index in [0.717, 1.165) is 5.75 Å². The molecule has 17 heavy (non-hydrogen) atoms. The number of rotatable bonds is 5. The first-order valence-corrected chi connectivity index (χ1v) is 6.59. The van der Waals surface area contributed by atoms with Crippen molar-refractivity contribution >= 4 is 23.4 Å². The third-order valence-electron chi connectivity index (χ3n) is 2.00. The minimum Gasteiger partial charge on any atom is -0.462 e. The molecule has 0 saturated heterocycles. The number of carbonyl (C=O) groups excluding carboxylic acids is 1. The molecule has 0 bridgehead atoms. The molecular weight excluding hydrogens is 236 g/mol. The van der Waals surface area contributed by atoms with Crippen LogP contribution in [0.5, 0.6) is 0 Å². The van der Waals surface area contributed by atoms with Gasteiger partial charge in [0.25, 0.3) is 0 Å². The number of anilines is 1. The monoisotopic (exact) mass is 254 g/mol. The second kappa shape index (κ2) is 6.49. The van der Waals surface area contributed by atoms with Gasteiger partial charge in [-0.25, -0.2) is 9.78 Å². The van der Waals surface area contributed by atoms with E-state index in [-0.39, 0.29) is 0 Å². The lowest BCUT2D eigenvalue weighted by atomic mass is 10.2. The van der Waals surface area contributed by atoms with Crippen molar-refractivity contribution in [3.05, 3.63) is 17.8 Å². The summed E-state index contributed by atoms with van der Waals surface area (Å²) in [5.74, 6) is 1.08. The van der Waals surface area contributed by atoms with Crippen LogP contribution in [0.3, 0.4) is 0 Å². The smallest absolute Gasteiger partial charge is 0.340 e. The molecule has 0 amide bonds. The molecule has 5 heteroatoms. The fraction of sp³-hybridized carbons (Fsp3) is 0.500. The van der Waals surface area contributed by atoms with Gasteiger partial charge in [-0.05, 0) is 18.9 Å². The van der Waals surface area contributed by atoms with Gasteiger partial charge < -0.3 is 10.5 Å². The maximum absolute atomic E-state index is 11.6. The van der Waals surface area contributed by atoms with Crippen molar-refractivity contribution in [1.82, 2.24) is 4.98 Å². The van der Waals surface area contributed by atoms with Crippen LogP contribution in [0.25, 0.3) is 0 Å². The Balaban J connectivity index is 2.87. The molecule has 4 nitrogen and oxygen atoms in total. The summed E-state index contributed by atoms with van der Waals surface area (Å²) in [5, 5.41) is 0.698. The molecule has 0 aromatic carbocycles. The van der Waals surface area contributed by atoms with E-state index >= 15 is 0 Å². The van der Waals surface area contributed by atoms with Crippen molar-refractivity contribution in [1.29, 1.82) is 0 Å². The summed E-state index contributed by atoms with van der Waals surface area (Å²) in [6.07, 6.45) is 1.59. The summed E-state index contributed by atoms with van der Waals surface area (Å²) in [5.41, 5.74) is 6.73. The molecule has 0 radical (unpaired) electrons. The molecule has 0 spiro atoms. The second-order valence-corrected chi connectivity index (χ2v) is 5.01. The number of pyridine rings is 1. The zero-order valence-electron chi connectivity index (χ0n) is 10.4. The van der Waals surface area contributed by atoms with Crippen LogP contribution < -0.4 is 5.73 Å². The first kappa shape index (κ1) is 13.8. The fourth-order valence-corrected chi connectivity index (χ4v) is 2.09. The minimum atomic E-state index is -0.390. The van der Waals surface area contributed by atoms with Crippen LogP contribution >= 0.6 is 11.8 Å². The summed E-state index contributed by atoms with van der Waals surface area (Å²) in [6.45, 7) is 6.36. The van der Waals surface area contributed by atoms with E-state index in [2.05, 4.69) is 18.8 Å². The maximum Gasteiger partial charge on any atom is 0.340 e. The molecule has 1 heterocycles. The summed E-state index contributed by atoms with van der Waals surface area (Å²) < 4.78 is 4.93. The normalized spacial score (nSPS) is 10.6. The maximum atomic E-state index is 11.6. The Bertz CT molecular complexity index is 394. The predicted molar refractivity (Wildman–Crippen MR) is 70.2 cm³/mol. The quantitative estimate of drug-likeness (QED) is 0.646. The van der Waals surface area contributed by atoms with Gasteiger partial charge in [0.1, 0.15) is 5.03 Å². The molecule has 0 unspecified atom stereocenters. The predicted octanol–water partition coefficient (Wildman–Crippen LogP) is 2.59. The first-order chi connectivity index (χ1) is 8.06. The third kappa shape index (κ3) is 3.93. The molecule has 1 aromatic heterocycles. The van der Waals surface area contributed by atoms with Gasteiger partial charge >= 0.3 is 5.97 Å². The summed E-state index contributed by atoms with van der Waals surface area (Å²) in [6, 6.07) is 1.59. The van der Waals surface area contributed by atoms with Crippen molar-refractivity contribution in [3.63, 3.8) is 0 Å². The molecule has 0 atom stereocenters. The number of hydrogen-bond acceptors (Lipinski definition) is 5. The van der Waals surface area contributed by atoms with Gasteiger partial charge in [-0.3, -0.25) is 0 Å². The van der Waals surface area contributed by atoms with Gasteiger partial charge in [0, 0.05) is 11.9 Å². The Kier molecular flexibility index (Phi) is 5.28. The van der Waals surface area contributed by atoms with Crippen LogP contribution in [-0.2, 0) is 4.74 Å². The highest BCUT2D eigenvalue weighted by Gasteiger charge is 2.14. The fourth-order valence-electron chi connectivity index (χ4n) is 1.20. The van der Waals surface area contributed by atoms with Gasteiger partial charge in [-0.1, -0.05) is 13.8 Å². The zero-order chi connectivity index (χ0) is 12.8. The van der Waals surface area contributed by atoms with Crippen molar-refractivity contribution in [2.75, 3.05) is 18.1 Å². The van der Waals surface area contributed by atoms with E-state index in [9.17, 15) is 4.79 Å². The number of thioether (sulfide) groups is 1. The van der Waals surface area contributed by atoms with Crippen LogP contribution in [-0.4, -0.2) is 23.3 Å². The number of nitrogen functional groups attached to an aromatic ring is 1. The molecule has 0 saturated carbocycles. The minimum absolute atomic E-state index is 0.342. The molecule has 0 aliphatic carbocycles. The number of nitrogens with two attached hydrogens (primary N) is 1. The topological polar surface area (TPSA) is 65.2 Å². The Morgan fingerprint density at radius 3 is 2.88 bits per heavy atom. The number of esters is 1. The van der Waals surface area contributed by atoms with E-state index < -0.39 is 5.97 Å². The Hall–Kier alpha value is -1.23. The van der Waals surface area contributed by atoms with Gasteiger partial charge in [0.15, 0.2) is 0 Å². The summed E-state index contributed by atoms with van der Waals surface area (Å²) >= 11 is 1.56. The molecule has 0 aliphatic rings. The molecule has 1 aromatic rings. The van der Waals surface area contributed by atoms with E-state index in [0.29, 0.717) is 28.8 Å². The van der Waals surface area contributed by atoms with Crippen molar-refractivity contribution in [2.24, 2.45) is 5.92 Å². The average Bonchev–Trinajstić information content (AvgIpc) is 2.27. The van der Waals surface area contributed by atoms with Crippen LogP contribution in [0, 0.1) is 5.92 Å². The molecule has 0 aliphatic heterocycles. The summed E-state index contributed by atoms with van der Waals surface area (Å²) in [4.78, 5) is 15.8.